The molecule has 0 fully saturated rings. The molecule has 4 rings (SSSR count). The summed E-state index contributed by atoms with van der Waals surface area (Å²) in [4.78, 5) is 40.4. The van der Waals surface area contributed by atoms with Crippen molar-refractivity contribution in [2.75, 3.05) is 6.61 Å². The Kier molecular flexibility index (Phi) is 5.81. The maximum atomic E-state index is 12.9. The van der Waals surface area contributed by atoms with E-state index in [1.165, 1.54) is 34.1 Å². The van der Waals surface area contributed by atoms with Gasteiger partial charge >= 0.3 is 5.97 Å². The normalized spacial score (nSPS) is 13.7. The molecule has 0 saturated heterocycles. The highest BCUT2D eigenvalue weighted by atomic mass is 35.5. The van der Waals surface area contributed by atoms with E-state index < -0.39 is 10.9 Å². The molecule has 3 aromatic rings. The zero-order chi connectivity index (χ0) is 23.0. The molecule has 3 heterocycles. The van der Waals surface area contributed by atoms with Gasteiger partial charge in [-0.05, 0) is 32.0 Å². The number of allylic oxidation sites excluding steroid dienone is 1. The number of furan rings is 1. The molecule has 0 N–H and O–H groups in total. The van der Waals surface area contributed by atoms with Gasteiger partial charge in [-0.15, -0.1) is 0 Å². The number of rotatable bonds is 5. The number of hydrogen-bond donors (Lipinski definition) is 0. The Balaban J connectivity index is 1.70. The van der Waals surface area contributed by atoms with Gasteiger partial charge in [-0.25, -0.2) is 9.79 Å². The van der Waals surface area contributed by atoms with Crippen LogP contribution in [0.1, 0.15) is 19.6 Å². The summed E-state index contributed by atoms with van der Waals surface area (Å²) < 4.78 is 12.6. The summed E-state index contributed by atoms with van der Waals surface area (Å²) in [7, 11) is 0. The fourth-order valence-electron chi connectivity index (χ4n) is 3.16. The van der Waals surface area contributed by atoms with Crippen LogP contribution < -0.4 is 14.9 Å². The average molecular weight is 474 g/mol. The van der Waals surface area contributed by atoms with Crippen LogP contribution in [0.25, 0.3) is 17.4 Å². The number of aromatic nitrogens is 1. The van der Waals surface area contributed by atoms with Gasteiger partial charge in [0.25, 0.3) is 11.2 Å². The third kappa shape index (κ3) is 4.02. The number of fused-ring (bicyclic) bond motifs is 1. The van der Waals surface area contributed by atoms with E-state index in [4.69, 9.17) is 20.8 Å². The quantitative estimate of drug-likeness (QED) is 0.319. The van der Waals surface area contributed by atoms with E-state index in [2.05, 4.69) is 4.99 Å². The first-order chi connectivity index (χ1) is 15.3. The molecular formula is C21H16ClN3O6S. The van der Waals surface area contributed by atoms with Crippen LogP contribution in [0.15, 0.2) is 55.8 Å². The molecule has 1 aliphatic rings. The molecule has 0 amide bonds. The van der Waals surface area contributed by atoms with Crippen molar-refractivity contribution in [2.24, 2.45) is 4.99 Å². The van der Waals surface area contributed by atoms with E-state index >= 15 is 0 Å². The number of nitrogens with zero attached hydrogens (tertiary/aromatic N) is 3. The van der Waals surface area contributed by atoms with Gasteiger partial charge in [0.15, 0.2) is 4.80 Å². The standard InChI is InChI=1S/C21H16ClN3O6S/c1-3-30-20(27)15-10-24-19(26)18(32-21(24)23-11(15)2)9-13-5-7-17(31-13)14-8-12(25(28)29)4-6-16(14)22/h4-9H,3,10H2,1-2H3/b18-9-. The molecule has 9 nitrogen and oxygen atoms in total. The maximum absolute atomic E-state index is 12.9. The van der Waals surface area contributed by atoms with Crippen molar-refractivity contribution in [3.63, 3.8) is 0 Å². The van der Waals surface area contributed by atoms with Gasteiger partial charge in [-0.1, -0.05) is 22.9 Å². The Hall–Kier alpha value is -3.50. The number of halogens is 1. The molecule has 0 atom stereocenters. The molecule has 32 heavy (non-hydrogen) atoms. The van der Waals surface area contributed by atoms with Gasteiger partial charge < -0.3 is 9.15 Å². The second-order valence-corrected chi connectivity index (χ2v) is 8.22. The Morgan fingerprint density at radius 3 is 2.91 bits per heavy atom. The van der Waals surface area contributed by atoms with Crippen molar-refractivity contribution >= 4 is 40.7 Å². The van der Waals surface area contributed by atoms with Crippen molar-refractivity contribution < 1.29 is 18.9 Å². The van der Waals surface area contributed by atoms with E-state index in [0.29, 0.717) is 42.7 Å². The zero-order valence-electron chi connectivity index (χ0n) is 17.0. The molecule has 0 saturated carbocycles. The molecule has 11 heteroatoms. The third-order valence-corrected chi connectivity index (χ3v) is 6.09. The van der Waals surface area contributed by atoms with E-state index in [0.717, 1.165) is 0 Å². The van der Waals surface area contributed by atoms with E-state index in [1.807, 2.05) is 0 Å². The molecule has 1 aliphatic heterocycles. The Labute approximate surface area is 189 Å². The van der Waals surface area contributed by atoms with Gasteiger partial charge in [0.1, 0.15) is 11.5 Å². The average Bonchev–Trinajstić information content (AvgIpc) is 3.32. The number of nitro benzene ring substituents is 1. The fourth-order valence-corrected chi connectivity index (χ4v) is 4.38. The van der Waals surface area contributed by atoms with Crippen molar-refractivity contribution in [2.45, 2.75) is 20.4 Å². The summed E-state index contributed by atoms with van der Waals surface area (Å²) in [5, 5.41) is 11.4. The van der Waals surface area contributed by atoms with Crippen LogP contribution in [0.2, 0.25) is 5.02 Å². The second kappa shape index (κ2) is 8.56. The fraction of sp³-hybridized carbons (Fsp3) is 0.190. The van der Waals surface area contributed by atoms with Crippen molar-refractivity contribution in [1.82, 2.24) is 4.57 Å². The Bertz CT molecular complexity index is 1460. The predicted octanol–water partition coefficient (Wildman–Crippen LogP) is 3.03. The molecule has 2 aromatic heterocycles. The van der Waals surface area contributed by atoms with Crippen molar-refractivity contribution in [3.8, 4) is 11.3 Å². The number of carbonyl (C=O) groups is 1. The van der Waals surface area contributed by atoms with Gasteiger partial charge in [0.05, 0.1) is 38.9 Å². The van der Waals surface area contributed by atoms with Gasteiger partial charge in [-0.3, -0.25) is 19.5 Å². The number of thiazole rings is 1. The molecule has 0 aliphatic carbocycles. The first-order valence-electron chi connectivity index (χ1n) is 9.49. The molecule has 1 aromatic carbocycles. The van der Waals surface area contributed by atoms with Gasteiger partial charge in [-0.2, -0.15) is 0 Å². The molecule has 0 unspecified atom stereocenters. The van der Waals surface area contributed by atoms with E-state index in [9.17, 15) is 19.7 Å². The molecule has 0 spiro atoms. The summed E-state index contributed by atoms with van der Waals surface area (Å²) in [5.74, 6) is 0.208. The number of ether oxygens (including phenoxy) is 1. The number of hydrogen-bond acceptors (Lipinski definition) is 8. The minimum absolute atomic E-state index is 0.0827. The summed E-state index contributed by atoms with van der Waals surface area (Å²) >= 11 is 7.34. The van der Waals surface area contributed by atoms with Gasteiger partial charge in [0, 0.05) is 23.8 Å². The third-order valence-electron chi connectivity index (χ3n) is 4.75. The highest BCUT2D eigenvalue weighted by Gasteiger charge is 2.21. The van der Waals surface area contributed by atoms with Crippen molar-refractivity contribution in [3.05, 3.63) is 82.2 Å². The SMILES string of the molecule is CCOC(=O)C1=C(C)N=c2s/c(=C\c3ccc(-c4cc([N+](=O)[O-])ccc4Cl)o3)c(=O)n2C1. The largest absolute Gasteiger partial charge is 0.463 e. The smallest absolute Gasteiger partial charge is 0.337 e. The van der Waals surface area contributed by atoms with Crippen molar-refractivity contribution in [1.29, 1.82) is 0 Å². The summed E-state index contributed by atoms with van der Waals surface area (Å²) in [6, 6.07) is 7.32. The first kappa shape index (κ1) is 21.7. The van der Waals surface area contributed by atoms with E-state index in [1.54, 1.807) is 32.1 Å². The lowest BCUT2D eigenvalue weighted by atomic mass is 10.1. The lowest BCUT2D eigenvalue weighted by Crippen LogP contribution is -2.35. The molecular weight excluding hydrogens is 458 g/mol. The Morgan fingerprint density at radius 1 is 1.41 bits per heavy atom. The number of benzene rings is 1. The van der Waals surface area contributed by atoms with E-state index in [-0.39, 0.29) is 24.4 Å². The topological polar surface area (TPSA) is 117 Å². The number of carbonyl (C=O) groups excluding carboxylic acids is 1. The monoisotopic (exact) mass is 473 g/mol. The van der Waals surface area contributed by atoms with Crippen LogP contribution in [0, 0.1) is 10.1 Å². The molecule has 0 radical (unpaired) electrons. The highest BCUT2D eigenvalue weighted by molar-refractivity contribution is 7.07. The van der Waals surface area contributed by atoms with Crippen LogP contribution in [-0.2, 0) is 16.1 Å². The predicted molar refractivity (Wildman–Crippen MR) is 118 cm³/mol. The van der Waals surface area contributed by atoms with Crippen LogP contribution in [0.4, 0.5) is 5.69 Å². The minimum atomic E-state index is -0.517. The number of non-ortho nitro benzene ring substituents is 1. The van der Waals surface area contributed by atoms with Crippen LogP contribution in [0.5, 0.6) is 0 Å². The minimum Gasteiger partial charge on any atom is -0.463 e. The number of nitro groups is 1. The maximum Gasteiger partial charge on any atom is 0.337 e. The van der Waals surface area contributed by atoms with Crippen LogP contribution in [-0.4, -0.2) is 22.1 Å². The Morgan fingerprint density at radius 2 is 2.19 bits per heavy atom. The lowest BCUT2D eigenvalue weighted by molar-refractivity contribution is -0.384. The zero-order valence-corrected chi connectivity index (χ0v) is 18.5. The lowest BCUT2D eigenvalue weighted by Gasteiger charge is -2.12. The summed E-state index contributed by atoms with van der Waals surface area (Å²) in [6.07, 6.45) is 1.56. The van der Waals surface area contributed by atoms with Crippen LogP contribution >= 0.6 is 22.9 Å². The van der Waals surface area contributed by atoms with Gasteiger partial charge in [0.2, 0.25) is 0 Å². The summed E-state index contributed by atoms with van der Waals surface area (Å²) in [6.45, 7) is 3.72. The van der Waals surface area contributed by atoms with Crippen LogP contribution in [0.3, 0.4) is 0 Å². The molecule has 0 bridgehead atoms. The highest BCUT2D eigenvalue weighted by Crippen LogP contribution is 2.32. The first-order valence-corrected chi connectivity index (χ1v) is 10.7. The number of esters is 1. The summed E-state index contributed by atoms with van der Waals surface area (Å²) in [5.41, 5.74) is 0.798. The second-order valence-electron chi connectivity index (χ2n) is 6.80. The molecule has 164 valence electrons.